The van der Waals surface area contributed by atoms with Gasteiger partial charge in [-0.15, -0.1) is 11.8 Å². The first-order valence-corrected chi connectivity index (χ1v) is 8.62. The second-order valence-corrected chi connectivity index (χ2v) is 7.07. The summed E-state index contributed by atoms with van der Waals surface area (Å²) >= 11 is 1.38. The van der Waals surface area contributed by atoms with E-state index in [0.717, 1.165) is 15.4 Å². The highest BCUT2D eigenvalue weighted by Gasteiger charge is 2.43. The van der Waals surface area contributed by atoms with Crippen LogP contribution in [0.3, 0.4) is 0 Å². The predicted octanol–water partition coefficient (Wildman–Crippen LogP) is 2.89. The van der Waals surface area contributed by atoms with E-state index in [2.05, 4.69) is 0 Å². The number of hydrogen-bond donors (Lipinski definition) is 0. The Morgan fingerprint density at radius 1 is 1.04 bits per heavy atom. The van der Waals surface area contributed by atoms with Gasteiger partial charge in [-0.3, -0.25) is 19.3 Å². The molecule has 5 heteroatoms. The number of imide groups is 1. The van der Waals surface area contributed by atoms with Crippen LogP contribution in [0.2, 0.25) is 0 Å². The molecule has 3 rings (SSSR count). The number of carbonyl (C=O) groups excluding carboxylic acids is 3. The Morgan fingerprint density at radius 2 is 1.62 bits per heavy atom. The minimum absolute atomic E-state index is 0.125. The molecule has 0 bridgehead atoms. The summed E-state index contributed by atoms with van der Waals surface area (Å²) in [5.41, 5.74) is 0.773. The van der Waals surface area contributed by atoms with Crippen LogP contribution in [0.5, 0.6) is 0 Å². The Balaban J connectivity index is 1.73. The molecular weight excluding hydrogens is 322 g/mol. The molecule has 2 aromatic rings. The lowest BCUT2D eigenvalue weighted by molar-refractivity contribution is -0.146. The zero-order chi connectivity index (χ0) is 17.1. The predicted molar refractivity (Wildman–Crippen MR) is 92.7 cm³/mol. The smallest absolute Gasteiger partial charge is 0.288 e. The molecule has 0 saturated carbocycles. The van der Waals surface area contributed by atoms with Crippen LogP contribution in [0.15, 0.2) is 65.6 Å². The highest BCUT2D eigenvalue weighted by molar-refractivity contribution is 8.00. The Kier molecular flexibility index (Phi) is 4.81. The lowest BCUT2D eigenvalue weighted by Crippen LogP contribution is -2.38. The molecule has 0 unspecified atom stereocenters. The average molecular weight is 339 g/mol. The van der Waals surface area contributed by atoms with E-state index in [1.54, 1.807) is 6.92 Å². The van der Waals surface area contributed by atoms with Gasteiger partial charge >= 0.3 is 0 Å². The molecule has 0 aliphatic carbocycles. The number of benzene rings is 2. The van der Waals surface area contributed by atoms with Crippen molar-refractivity contribution in [1.29, 1.82) is 0 Å². The van der Waals surface area contributed by atoms with Crippen LogP contribution in [0.25, 0.3) is 0 Å². The number of nitrogens with zero attached hydrogens (tertiary/aromatic N) is 1. The lowest BCUT2D eigenvalue weighted by atomic mass is 9.97. The summed E-state index contributed by atoms with van der Waals surface area (Å²) in [6.07, 6.45) is 0. The second kappa shape index (κ2) is 7.01. The summed E-state index contributed by atoms with van der Waals surface area (Å²) in [5.74, 6) is -2.09. The molecule has 4 nitrogen and oxygen atoms in total. The van der Waals surface area contributed by atoms with Crippen molar-refractivity contribution < 1.29 is 14.4 Å². The van der Waals surface area contributed by atoms with Crippen molar-refractivity contribution in [1.82, 2.24) is 4.90 Å². The topological polar surface area (TPSA) is 54.5 Å². The van der Waals surface area contributed by atoms with E-state index in [9.17, 15) is 14.4 Å². The van der Waals surface area contributed by atoms with E-state index >= 15 is 0 Å². The Labute approximate surface area is 144 Å². The molecule has 0 N–H and O–H groups in total. The number of rotatable bonds is 4. The molecule has 2 atom stereocenters. The maximum atomic E-state index is 12.6. The number of likely N-dealkylation sites (tertiary alicyclic amines) is 1. The number of Topliss-reactive ketones (excluding diaryl/α,β-unsaturated/α-hetero) is 1. The van der Waals surface area contributed by atoms with Crippen molar-refractivity contribution in [2.45, 2.75) is 23.0 Å². The summed E-state index contributed by atoms with van der Waals surface area (Å²) in [6, 6.07) is 18.7. The van der Waals surface area contributed by atoms with Crippen LogP contribution >= 0.6 is 11.8 Å². The van der Waals surface area contributed by atoms with Gasteiger partial charge in [0.1, 0.15) is 0 Å². The van der Waals surface area contributed by atoms with Gasteiger partial charge in [0.15, 0.2) is 0 Å². The molecule has 1 saturated heterocycles. The molecule has 0 radical (unpaired) electrons. The van der Waals surface area contributed by atoms with Gasteiger partial charge in [-0.05, 0) is 24.6 Å². The molecule has 122 valence electrons. The zero-order valence-electron chi connectivity index (χ0n) is 13.2. The molecular formula is C19H17NO3S. The highest BCUT2D eigenvalue weighted by atomic mass is 32.2. The van der Waals surface area contributed by atoms with Crippen LogP contribution in [0.4, 0.5) is 0 Å². The monoisotopic (exact) mass is 339 g/mol. The van der Waals surface area contributed by atoms with Gasteiger partial charge in [-0.1, -0.05) is 48.5 Å². The minimum Gasteiger partial charge on any atom is -0.288 e. The van der Waals surface area contributed by atoms with Gasteiger partial charge in [-0.2, -0.15) is 0 Å². The number of thioether (sulfide) groups is 1. The molecule has 1 heterocycles. The summed E-state index contributed by atoms with van der Waals surface area (Å²) in [4.78, 5) is 39.2. The van der Waals surface area contributed by atoms with Crippen LogP contribution in [-0.2, 0) is 14.4 Å². The number of amides is 2. The van der Waals surface area contributed by atoms with E-state index in [0.29, 0.717) is 0 Å². The maximum Gasteiger partial charge on any atom is 0.297 e. The maximum absolute atomic E-state index is 12.6. The Hall–Kier alpha value is -2.40. The summed E-state index contributed by atoms with van der Waals surface area (Å²) in [6.45, 7) is 1.88. The molecule has 0 aromatic heterocycles. The molecule has 24 heavy (non-hydrogen) atoms. The van der Waals surface area contributed by atoms with Crippen molar-refractivity contribution in [3.8, 4) is 0 Å². The first kappa shape index (κ1) is 16.5. The van der Waals surface area contributed by atoms with Gasteiger partial charge in [0.25, 0.3) is 5.91 Å². The third-order valence-corrected chi connectivity index (χ3v) is 5.11. The van der Waals surface area contributed by atoms with Crippen molar-refractivity contribution in [2.24, 2.45) is 0 Å². The molecule has 2 amide bonds. The fraction of sp³-hybridized carbons (Fsp3) is 0.211. The van der Waals surface area contributed by atoms with E-state index in [1.807, 2.05) is 60.7 Å². The molecule has 0 spiro atoms. The van der Waals surface area contributed by atoms with E-state index in [1.165, 1.54) is 11.8 Å². The number of ketones is 1. The fourth-order valence-electron chi connectivity index (χ4n) is 2.74. The van der Waals surface area contributed by atoms with Gasteiger partial charge < -0.3 is 0 Å². The highest BCUT2D eigenvalue weighted by Crippen LogP contribution is 2.29. The first-order valence-electron chi connectivity index (χ1n) is 7.74. The lowest BCUT2D eigenvalue weighted by Gasteiger charge is -2.18. The van der Waals surface area contributed by atoms with Crippen LogP contribution in [-0.4, -0.2) is 34.3 Å². The van der Waals surface area contributed by atoms with Crippen LogP contribution in [0, 0.1) is 0 Å². The number of hydrogen-bond acceptors (Lipinski definition) is 4. The summed E-state index contributed by atoms with van der Waals surface area (Å²) < 4.78 is 0. The fourth-order valence-corrected chi connectivity index (χ4v) is 3.69. The van der Waals surface area contributed by atoms with E-state index in [4.69, 9.17) is 0 Å². The normalized spacial score (nSPS) is 18.7. The van der Waals surface area contributed by atoms with Crippen LogP contribution < -0.4 is 0 Å². The van der Waals surface area contributed by atoms with Gasteiger partial charge in [0, 0.05) is 11.4 Å². The SMILES string of the molecule is C[C@@H](Sc1ccccc1)C(=O)N1C[C@@H](c2ccccc2)C(=O)C1=O. The Bertz CT molecular complexity index is 761. The van der Waals surface area contributed by atoms with Gasteiger partial charge in [-0.25, -0.2) is 0 Å². The minimum atomic E-state index is -0.700. The van der Waals surface area contributed by atoms with Gasteiger partial charge in [0.05, 0.1) is 11.2 Å². The third-order valence-electron chi connectivity index (χ3n) is 4.01. The molecule has 1 aliphatic rings. The van der Waals surface area contributed by atoms with Crippen molar-refractivity contribution in [3.05, 3.63) is 66.2 Å². The summed E-state index contributed by atoms with van der Waals surface area (Å²) in [5, 5.41) is -0.432. The summed E-state index contributed by atoms with van der Waals surface area (Å²) in [7, 11) is 0. The number of carbonyl (C=O) groups is 3. The zero-order valence-corrected chi connectivity index (χ0v) is 14.0. The standard InChI is InChI=1S/C19H17NO3S/c1-13(24-15-10-6-3-7-11-15)18(22)20-12-16(17(21)19(20)23)14-8-4-2-5-9-14/h2-11,13,16H,12H2,1H3/t13-,16+/m1/s1. The first-order chi connectivity index (χ1) is 11.6. The van der Waals surface area contributed by atoms with Gasteiger partial charge in [0.2, 0.25) is 11.7 Å². The van der Waals surface area contributed by atoms with Crippen molar-refractivity contribution in [2.75, 3.05) is 6.54 Å². The van der Waals surface area contributed by atoms with E-state index < -0.39 is 22.9 Å². The Morgan fingerprint density at radius 3 is 2.25 bits per heavy atom. The van der Waals surface area contributed by atoms with E-state index in [-0.39, 0.29) is 12.5 Å². The molecule has 1 aliphatic heterocycles. The average Bonchev–Trinajstić information content (AvgIpc) is 2.91. The van der Waals surface area contributed by atoms with Crippen molar-refractivity contribution >= 4 is 29.4 Å². The third kappa shape index (κ3) is 3.26. The largest absolute Gasteiger partial charge is 0.297 e. The quantitative estimate of drug-likeness (QED) is 0.635. The van der Waals surface area contributed by atoms with Crippen LogP contribution in [0.1, 0.15) is 18.4 Å². The second-order valence-electron chi connectivity index (χ2n) is 5.65. The molecule has 1 fully saturated rings. The molecule has 2 aromatic carbocycles. The van der Waals surface area contributed by atoms with Crippen molar-refractivity contribution in [3.63, 3.8) is 0 Å².